The summed E-state index contributed by atoms with van der Waals surface area (Å²) in [6, 6.07) is 0. The SMILES string of the molecule is CCCNc1snnc1CN1CCC(C(=O)NC)CC1. The summed E-state index contributed by atoms with van der Waals surface area (Å²) >= 11 is 1.42. The molecule has 0 aromatic carbocycles. The summed E-state index contributed by atoms with van der Waals surface area (Å²) < 4.78 is 4.04. The molecule has 0 atom stereocenters. The van der Waals surface area contributed by atoms with E-state index < -0.39 is 0 Å². The summed E-state index contributed by atoms with van der Waals surface area (Å²) in [5.41, 5.74) is 1.03. The first-order valence-corrected chi connectivity index (χ1v) is 8.01. The van der Waals surface area contributed by atoms with E-state index in [4.69, 9.17) is 0 Å². The molecule has 112 valence electrons. The van der Waals surface area contributed by atoms with Gasteiger partial charge < -0.3 is 10.6 Å². The Morgan fingerprint density at radius 1 is 1.45 bits per heavy atom. The van der Waals surface area contributed by atoms with Crippen LogP contribution in [0.15, 0.2) is 0 Å². The maximum Gasteiger partial charge on any atom is 0.222 e. The van der Waals surface area contributed by atoms with Crippen molar-refractivity contribution < 1.29 is 4.79 Å². The lowest BCUT2D eigenvalue weighted by Crippen LogP contribution is -2.39. The number of carbonyl (C=O) groups is 1. The van der Waals surface area contributed by atoms with Crippen LogP contribution in [0.5, 0.6) is 0 Å². The van der Waals surface area contributed by atoms with Gasteiger partial charge in [0.05, 0.1) is 0 Å². The highest BCUT2D eigenvalue weighted by Gasteiger charge is 2.25. The van der Waals surface area contributed by atoms with Crippen LogP contribution in [0.25, 0.3) is 0 Å². The molecule has 20 heavy (non-hydrogen) atoms. The fraction of sp³-hybridized carbons (Fsp3) is 0.769. The van der Waals surface area contributed by atoms with Crippen molar-refractivity contribution >= 4 is 22.4 Å². The number of amides is 1. The van der Waals surface area contributed by atoms with Crippen molar-refractivity contribution in [2.24, 2.45) is 5.92 Å². The van der Waals surface area contributed by atoms with E-state index in [2.05, 4.69) is 32.0 Å². The molecule has 1 aliphatic heterocycles. The van der Waals surface area contributed by atoms with Gasteiger partial charge in [0, 0.05) is 37.6 Å². The first kappa shape index (κ1) is 15.2. The Morgan fingerprint density at radius 2 is 2.20 bits per heavy atom. The number of likely N-dealkylation sites (tertiary alicyclic amines) is 1. The summed E-state index contributed by atoms with van der Waals surface area (Å²) in [4.78, 5) is 14.0. The van der Waals surface area contributed by atoms with Gasteiger partial charge >= 0.3 is 0 Å². The van der Waals surface area contributed by atoms with E-state index in [1.807, 2.05) is 0 Å². The number of anilines is 1. The zero-order valence-corrected chi connectivity index (χ0v) is 13.0. The molecule has 1 aromatic heterocycles. The first-order chi connectivity index (χ1) is 9.74. The summed E-state index contributed by atoms with van der Waals surface area (Å²) in [5.74, 6) is 0.341. The zero-order valence-electron chi connectivity index (χ0n) is 12.2. The molecule has 1 saturated heterocycles. The van der Waals surface area contributed by atoms with E-state index in [-0.39, 0.29) is 11.8 Å². The van der Waals surface area contributed by atoms with Gasteiger partial charge in [0.15, 0.2) is 0 Å². The highest BCUT2D eigenvalue weighted by Crippen LogP contribution is 2.23. The molecule has 0 aliphatic carbocycles. The van der Waals surface area contributed by atoms with Crippen LogP contribution in [0.4, 0.5) is 5.00 Å². The number of aromatic nitrogens is 2. The average Bonchev–Trinajstić information content (AvgIpc) is 2.92. The Morgan fingerprint density at radius 3 is 2.85 bits per heavy atom. The molecule has 0 spiro atoms. The van der Waals surface area contributed by atoms with E-state index >= 15 is 0 Å². The smallest absolute Gasteiger partial charge is 0.222 e. The predicted octanol–water partition coefficient (Wildman–Crippen LogP) is 1.32. The molecule has 0 radical (unpaired) electrons. The van der Waals surface area contributed by atoms with Crippen molar-refractivity contribution in [1.29, 1.82) is 0 Å². The lowest BCUT2D eigenvalue weighted by molar-refractivity contribution is -0.125. The first-order valence-electron chi connectivity index (χ1n) is 7.23. The van der Waals surface area contributed by atoms with Crippen molar-refractivity contribution in [2.45, 2.75) is 32.7 Å². The van der Waals surface area contributed by atoms with E-state index in [1.54, 1.807) is 7.05 Å². The molecule has 1 amide bonds. The number of carbonyl (C=O) groups excluding carboxylic acids is 1. The summed E-state index contributed by atoms with van der Waals surface area (Å²) in [7, 11) is 1.71. The molecule has 1 aliphatic rings. The van der Waals surface area contributed by atoms with Gasteiger partial charge in [-0.3, -0.25) is 9.69 Å². The van der Waals surface area contributed by atoms with Gasteiger partial charge in [-0.1, -0.05) is 11.4 Å². The Bertz CT molecular complexity index is 428. The maximum atomic E-state index is 11.6. The highest BCUT2D eigenvalue weighted by atomic mass is 32.1. The van der Waals surface area contributed by atoms with Gasteiger partial charge in [-0.25, -0.2) is 0 Å². The van der Waals surface area contributed by atoms with Crippen molar-refractivity contribution in [3.63, 3.8) is 0 Å². The van der Waals surface area contributed by atoms with Gasteiger partial charge in [0.1, 0.15) is 10.7 Å². The Kier molecular flexibility index (Phi) is 5.72. The monoisotopic (exact) mass is 297 g/mol. The molecule has 0 bridgehead atoms. The molecule has 0 unspecified atom stereocenters. The van der Waals surface area contributed by atoms with E-state index in [0.717, 1.165) is 56.1 Å². The van der Waals surface area contributed by atoms with Gasteiger partial charge in [-0.2, -0.15) is 0 Å². The molecule has 1 aromatic rings. The second-order valence-corrected chi connectivity index (χ2v) is 5.89. The van der Waals surface area contributed by atoms with E-state index in [9.17, 15) is 4.79 Å². The standard InChI is InChI=1S/C13H23N5OS/c1-3-6-15-13-11(16-17-20-13)9-18-7-4-10(5-8-18)12(19)14-2/h10,15H,3-9H2,1-2H3,(H,14,19). The fourth-order valence-electron chi connectivity index (χ4n) is 2.45. The van der Waals surface area contributed by atoms with E-state index in [0.29, 0.717) is 0 Å². The molecule has 6 nitrogen and oxygen atoms in total. The fourth-order valence-corrected chi connectivity index (χ4v) is 3.05. The number of nitrogens with one attached hydrogen (secondary N) is 2. The van der Waals surface area contributed by atoms with Crippen molar-refractivity contribution in [3.05, 3.63) is 5.69 Å². The number of nitrogens with zero attached hydrogens (tertiary/aromatic N) is 3. The molecule has 2 N–H and O–H groups in total. The minimum atomic E-state index is 0.169. The zero-order chi connectivity index (χ0) is 14.4. The topological polar surface area (TPSA) is 70.2 Å². The lowest BCUT2D eigenvalue weighted by Gasteiger charge is -2.30. The molecular weight excluding hydrogens is 274 g/mol. The van der Waals surface area contributed by atoms with Crippen LogP contribution < -0.4 is 10.6 Å². The summed E-state index contributed by atoms with van der Waals surface area (Å²) in [5, 5.41) is 11.4. The van der Waals surface area contributed by atoms with Crippen LogP contribution >= 0.6 is 11.5 Å². The molecular formula is C13H23N5OS. The average molecular weight is 297 g/mol. The third-order valence-electron chi connectivity index (χ3n) is 3.67. The largest absolute Gasteiger partial charge is 0.374 e. The third-order valence-corrected chi connectivity index (χ3v) is 4.40. The van der Waals surface area contributed by atoms with Crippen LogP contribution in [0, 0.1) is 5.92 Å². The van der Waals surface area contributed by atoms with Crippen LogP contribution in [0.3, 0.4) is 0 Å². The summed E-state index contributed by atoms with van der Waals surface area (Å²) in [6.45, 7) is 5.81. The summed E-state index contributed by atoms with van der Waals surface area (Å²) in [6.07, 6.45) is 2.94. The van der Waals surface area contributed by atoms with Gasteiger partial charge in [-0.05, 0) is 32.4 Å². The molecule has 0 saturated carbocycles. The highest BCUT2D eigenvalue weighted by molar-refractivity contribution is 7.10. The maximum absolute atomic E-state index is 11.6. The molecule has 2 heterocycles. The number of hydrogen-bond acceptors (Lipinski definition) is 6. The van der Waals surface area contributed by atoms with Crippen LogP contribution in [-0.2, 0) is 11.3 Å². The predicted molar refractivity (Wildman–Crippen MR) is 80.8 cm³/mol. The third kappa shape index (κ3) is 3.89. The molecule has 1 fully saturated rings. The number of hydrogen-bond donors (Lipinski definition) is 2. The normalized spacial score (nSPS) is 17.1. The second kappa shape index (κ2) is 7.54. The van der Waals surface area contributed by atoms with Gasteiger partial charge in [-0.15, -0.1) is 5.10 Å². The Labute approximate surface area is 124 Å². The number of piperidine rings is 1. The number of rotatable bonds is 6. The quantitative estimate of drug-likeness (QED) is 0.828. The Hall–Kier alpha value is -1.21. The molecule has 7 heteroatoms. The lowest BCUT2D eigenvalue weighted by atomic mass is 9.96. The van der Waals surface area contributed by atoms with Crippen molar-refractivity contribution in [1.82, 2.24) is 19.8 Å². The minimum Gasteiger partial charge on any atom is -0.374 e. The van der Waals surface area contributed by atoms with Crippen molar-refractivity contribution in [2.75, 3.05) is 32.0 Å². The van der Waals surface area contributed by atoms with E-state index in [1.165, 1.54) is 11.5 Å². The van der Waals surface area contributed by atoms with Gasteiger partial charge in [0.2, 0.25) is 5.91 Å². The molecule has 2 rings (SSSR count). The minimum absolute atomic E-state index is 0.169. The van der Waals surface area contributed by atoms with Gasteiger partial charge in [0.25, 0.3) is 0 Å². The van der Waals surface area contributed by atoms with Crippen LogP contribution in [0.1, 0.15) is 31.9 Å². The second-order valence-electron chi connectivity index (χ2n) is 5.14. The van der Waals surface area contributed by atoms with Crippen LogP contribution in [0.2, 0.25) is 0 Å². The Balaban J connectivity index is 1.83. The van der Waals surface area contributed by atoms with Crippen molar-refractivity contribution in [3.8, 4) is 0 Å². The van der Waals surface area contributed by atoms with Crippen LogP contribution in [-0.4, -0.2) is 47.1 Å².